The number of rotatable bonds is 9. The number of carboxylic acids is 1. The van der Waals surface area contributed by atoms with Crippen molar-refractivity contribution in [1.82, 2.24) is 5.32 Å². The van der Waals surface area contributed by atoms with Crippen LogP contribution in [0.4, 0.5) is 0 Å². The Morgan fingerprint density at radius 1 is 1.33 bits per heavy atom. The Labute approximate surface area is 129 Å². The van der Waals surface area contributed by atoms with E-state index in [0.29, 0.717) is 12.3 Å². The Morgan fingerprint density at radius 2 is 2.00 bits per heavy atom. The van der Waals surface area contributed by atoms with Crippen molar-refractivity contribution in [2.75, 3.05) is 19.4 Å². The highest BCUT2D eigenvalue weighted by Gasteiger charge is 2.12. The summed E-state index contributed by atoms with van der Waals surface area (Å²) in [5.41, 5.74) is 0. The molecule has 116 valence electrons. The number of benzene rings is 1. The normalized spacial score (nSPS) is 11.7. The molecule has 2 N–H and O–H groups in total. The Morgan fingerprint density at radius 3 is 2.52 bits per heavy atom. The van der Waals surface area contributed by atoms with Crippen LogP contribution < -0.4 is 10.1 Å². The standard InChI is InChI=1S/C15H21NO4S/c1-3-11(8-15(18)19)9-16-14(17)10-21-13-6-4-12(20-2)5-7-13/h4-7,11H,3,8-10H2,1-2H3,(H,16,17)(H,18,19). The Kier molecular flexibility index (Phi) is 7.68. The molecule has 6 heteroatoms. The van der Waals surface area contributed by atoms with Gasteiger partial charge in [-0.05, 0) is 30.2 Å². The van der Waals surface area contributed by atoms with Crippen molar-refractivity contribution >= 4 is 23.6 Å². The monoisotopic (exact) mass is 311 g/mol. The number of carboxylic acid groups (broad SMARTS) is 1. The highest BCUT2D eigenvalue weighted by molar-refractivity contribution is 8.00. The van der Waals surface area contributed by atoms with Crippen molar-refractivity contribution in [3.8, 4) is 5.75 Å². The maximum absolute atomic E-state index is 11.7. The third-order valence-electron chi connectivity index (χ3n) is 3.06. The van der Waals surface area contributed by atoms with Gasteiger partial charge >= 0.3 is 5.97 Å². The lowest BCUT2D eigenvalue weighted by Crippen LogP contribution is -2.31. The van der Waals surface area contributed by atoms with E-state index in [9.17, 15) is 9.59 Å². The molecule has 0 saturated carbocycles. The minimum absolute atomic E-state index is 0.0163. The first-order valence-electron chi connectivity index (χ1n) is 6.80. The zero-order valence-corrected chi connectivity index (χ0v) is 13.1. The SMILES string of the molecule is CCC(CNC(=O)CSc1ccc(OC)cc1)CC(=O)O. The van der Waals surface area contributed by atoms with Gasteiger partial charge in [0.2, 0.25) is 5.91 Å². The summed E-state index contributed by atoms with van der Waals surface area (Å²) in [4.78, 5) is 23.4. The third-order valence-corrected chi connectivity index (χ3v) is 4.07. The minimum atomic E-state index is -0.830. The van der Waals surface area contributed by atoms with Crippen LogP contribution in [0.15, 0.2) is 29.2 Å². The average molecular weight is 311 g/mol. The van der Waals surface area contributed by atoms with Crippen molar-refractivity contribution < 1.29 is 19.4 Å². The first-order chi connectivity index (χ1) is 10.0. The second-order valence-electron chi connectivity index (χ2n) is 4.64. The van der Waals surface area contributed by atoms with Gasteiger partial charge < -0.3 is 15.2 Å². The van der Waals surface area contributed by atoms with Gasteiger partial charge in [0.1, 0.15) is 5.75 Å². The molecule has 1 amide bonds. The quantitative estimate of drug-likeness (QED) is 0.685. The van der Waals surface area contributed by atoms with Gasteiger partial charge in [-0.25, -0.2) is 0 Å². The zero-order valence-electron chi connectivity index (χ0n) is 12.3. The molecule has 0 aliphatic heterocycles. The fourth-order valence-electron chi connectivity index (χ4n) is 1.74. The molecule has 1 aromatic rings. The van der Waals surface area contributed by atoms with Crippen molar-refractivity contribution in [2.24, 2.45) is 5.92 Å². The lowest BCUT2D eigenvalue weighted by Gasteiger charge is -2.13. The fourth-order valence-corrected chi connectivity index (χ4v) is 2.47. The van der Waals surface area contributed by atoms with Gasteiger partial charge in [0.25, 0.3) is 0 Å². The fraction of sp³-hybridized carbons (Fsp3) is 0.467. The molecule has 1 rings (SSSR count). The summed E-state index contributed by atoms with van der Waals surface area (Å²) in [6.45, 7) is 2.33. The summed E-state index contributed by atoms with van der Waals surface area (Å²) in [5.74, 6) is 0.166. The van der Waals surface area contributed by atoms with Gasteiger partial charge in [0.15, 0.2) is 0 Å². The molecular weight excluding hydrogens is 290 g/mol. The van der Waals surface area contributed by atoms with Crippen LogP contribution in [-0.2, 0) is 9.59 Å². The minimum Gasteiger partial charge on any atom is -0.497 e. The molecule has 0 heterocycles. The number of carbonyl (C=O) groups is 2. The average Bonchev–Trinajstić information content (AvgIpc) is 2.49. The smallest absolute Gasteiger partial charge is 0.303 e. The van der Waals surface area contributed by atoms with Crippen molar-refractivity contribution in [3.63, 3.8) is 0 Å². The lowest BCUT2D eigenvalue weighted by atomic mass is 10.0. The summed E-state index contributed by atoms with van der Waals surface area (Å²) < 4.78 is 5.07. The number of ether oxygens (including phenoxy) is 1. The summed E-state index contributed by atoms with van der Waals surface area (Å²) in [6, 6.07) is 7.49. The van der Waals surface area contributed by atoms with Crippen LogP contribution in [0.2, 0.25) is 0 Å². The molecule has 1 unspecified atom stereocenters. The summed E-state index contributed by atoms with van der Waals surface area (Å²) in [6.07, 6.45) is 0.820. The first kappa shape index (κ1) is 17.4. The summed E-state index contributed by atoms with van der Waals surface area (Å²) >= 11 is 1.44. The number of aliphatic carboxylic acids is 1. The van der Waals surface area contributed by atoms with E-state index in [2.05, 4.69) is 5.32 Å². The molecule has 0 saturated heterocycles. The van der Waals surface area contributed by atoms with E-state index in [1.807, 2.05) is 31.2 Å². The number of hydrogen-bond donors (Lipinski definition) is 2. The molecule has 0 spiro atoms. The van der Waals surface area contributed by atoms with Gasteiger partial charge in [-0.2, -0.15) is 0 Å². The van der Waals surface area contributed by atoms with Gasteiger partial charge in [-0.3, -0.25) is 9.59 Å². The van der Waals surface area contributed by atoms with E-state index >= 15 is 0 Å². The lowest BCUT2D eigenvalue weighted by molar-refractivity contribution is -0.138. The zero-order chi connectivity index (χ0) is 15.7. The Bertz CT molecular complexity index is 461. The number of methoxy groups -OCH3 is 1. The second-order valence-corrected chi connectivity index (χ2v) is 5.69. The van der Waals surface area contributed by atoms with Crippen molar-refractivity contribution in [2.45, 2.75) is 24.7 Å². The number of nitrogens with one attached hydrogen (secondary N) is 1. The summed E-state index contributed by atoms with van der Waals surface area (Å²) in [5, 5.41) is 11.5. The largest absolute Gasteiger partial charge is 0.497 e. The molecule has 0 radical (unpaired) electrons. The van der Waals surface area contributed by atoms with E-state index < -0.39 is 5.97 Å². The van der Waals surface area contributed by atoms with Gasteiger partial charge in [-0.15, -0.1) is 11.8 Å². The molecular formula is C15H21NO4S. The molecule has 0 bridgehead atoms. The van der Waals surface area contributed by atoms with Crippen LogP contribution in [0.25, 0.3) is 0 Å². The van der Waals surface area contributed by atoms with Crippen LogP contribution >= 0.6 is 11.8 Å². The number of carbonyl (C=O) groups excluding carboxylic acids is 1. The predicted octanol–water partition coefficient (Wildman–Crippen LogP) is 2.40. The van der Waals surface area contributed by atoms with Crippen molar-refractivity contribution in [3.05, 3.63) is 24.3 Å². The van der Waals surface area contributed by atoms with E-state index in [0.717, 1.165) is 17.1 Å². The molecule has 0 fully saturated rings. The second kappa shape index (κ2) is 9.28. The summed E-state index contributed by atoms with van der Waals surface area (Å²) in [7, 11) is 1.61. The number of hydrogen-bond acceptors (Lipinski definition) is 4. The molecule has 1 aromatic carbocycles. The number of amides is 1. The number of thioether (sulfide) groups is 1. The van der Waals surface area contributed by atoms with Crippen LogP contribution in [-0.4, -0.2) is 36.4 Å². The van der Waals surface area contributed by atoms with E-state index in [1.54, 1.807) is 7.11 Å². The molecule has 5 nitrogen and oxygen atoms in total. The molecule has 21 heavy (non-hydrogen) atoms. The maximum atomic E-state index is 11.7. The topological polar surface area (TPSA) is 75.6 Å². The van der Waals surface area contributed by atoms with Gasteiger partial charge in [-0.1, -0.05) is 13.3 Å². The highest BCUT2D eigenvalue weighted by Crippen LogP contribution is 2.20. The first-order valence-corrected chi connectivity index (χ1v) is 7.79. The highest BCUT2D eigenvalue weighted by atomic mass is 32.2. The van der Waals surface area contributed by atoms with Gasteiger partial charge in [0, 0.05) is 17.9 Å². The van der Waals surface area contributed by atoms with E-state index in [1.165, 1.54) is 11.8 Å². The Hall–Kier alpha value is -1.69. The molecule has 0 aromatic heterocycles. The molecule has 1 atom stereocenters. The van der Waals surface area contributed by atoms with E-state index in [-0.39, 0.29) is 18.2 Å². The Balaban J connectivity index is 2.31. The van der Waals surface area contributed by atoms with Crippen molar-refractivity contribution in [1.29, 1.82) is 0 Å². The molecule has 0 aliphatic rings. The van der Waals surface area contributed by atoms with Crippen LogP contribution in [0.3, 0.4) is 0 Å². The molecule has 0 aliphatic carbocycles. The van der Waals surface area contributed by atoms with Crippen LogP contribution in [0, 0.1) is 5.92 Å². The maximum Gasteiger partial charge on any atom is 0.303 e. The third kappa shape index (κ3) is 7.04. The van der Waals surface area contributed by atoms with E-state index in [4.69, 9.17) is 9.84 Å². The van der Waals surface area contributed by atoms with Gasteiger partial charge in [0.05, 0.1) is 12.9 Å². The van der Waals surface area contributed by atoms with Crippen LogP contribution in [0.5, 0.6) is 5.75 Å². The van der Waals surface area contributed by atoms with Crippen LogP contribution in [0.1, 0.15) is 19.8 Å². The predicted molar refractivity (Wildman–Crippen MR) is 82.8 cm³/mol.